The summed E-state index contributed by atoms with van der Waals surface area (Å²) >= 11 is 0. The van der Waals surface area contributed by atoms with Crippen LogP contribution in [0.3, 0.4) is 0 Å². The van der Waals surface area contributed by atoms with Crippen molar-refractivity contribution in [3.05, 3.63) is 11.9 Å². The molecule has 0 amide bonds. The van der Waals surface area contributed by atoms with Gasteiger partial charge in [0.15, 0.2) is 0 Å². The highest BCUT2D eigenvalue weighted by Gasteiger charge is 2.19. The van der Waals surface area contributed by atoms with Crippen molar-refractivity contribution in [1.29, 1.82) is 0 Å². The molecular formula is C15H29N5. The van der Waals surface area contributed by atoms with Crippen molar-refractivity contribution in [2.45, 2.75) is 40.0 Å². The van der Waals surface area contributed by atoms with Crippen LogP contribution >= 0.6 is 0 Å². The Kier molecular flexibility index (Phi) is 6.20. The molecule has 1 rings (SSSR count). The number of nitrogens with zero attached hydrogens (tertiary/aromatic N) is 3. The second-order valence-corrected chi connectivity index (χ2v) is 6.07. The third-order valence-corrected chi connectivity index (χ3v) is 3.09. The summed E-state index contributed by atoms with van der Waals surface area (Å²) in [5.41, 5.74) is -0.0535. The number of aromatic nitrogens is 2. The molecule has 0 aromatic carbocycles. The Morgan fingerprint density at radius 1 is 1.10 bits per heavy atom. The zero-order valence-electron chi connectivity index (χ0n) is 13.7. The Labute approximate surface area is 123 Å². The van der Waals surface area contributed by atoms with Crippen LogP contribution in [-0.4, -0.2) is 48.1 Å². The van der Waals surface area contributed by atoms with Crippen LogP contribution in [0.15, 0.2) is 6.07 Å². The van der Waals surface area contributed by atoms with Gasteiger partial charge in [-0.25, -0.2) is 9.97 Å². The van der Waals surface area contributed by atoms with Crippen LogP contribution in [0.1, 0.15) is 40.4 Å². The lowest BCUT2D eigenvalue weighted by Crippen LogP contribution is -2.25. The summed E-state index contributed by atoms with van der Waals surface area (Å²) in [6.07, 6.45) is 0. The second-order valence-electron chi connectivity index (χ2n) is 6.07. The Morgan fingerprint density at radius 2 is 1.70 bits per heavy atom. The fourth-order valence-electron chi connectivity index (χ4n) is 1.68. The van der Waals surface area contributed by atoms with E-state index >= 15 is 0 Å². The SMILES string of the molecule is CCNc1cc(NCCN(C)CC)nc(C(C)(C)C)n1. The van der Waals surface area contributed by atoms with Gasteiger partial charge in [-0.2, -0.15) is 0 Å². The van der Waals surface area contributed by atoms with Gasteiger partial charge in [-0.15, -0.1) is 0 Å². The third kappa shape index (κ3) is 5.33. The molecule has 0 unspecified atom stereocenters. The topological polar surface area (TPSA) is 53.1 Å². The fraction of sp³-hybridized carbons (Fsp3) is 0.733. The van der Waals surface area contributed by atoms with Gasteiger partial charge >= 0.3 is 0 Å². The standard InChI is InChI=1S/C15H29N5/c1-7-16-12-11-13(17-9-10-20(6)8-2)19-14(18-12)15(3,4)5/h11H,7-10H2,1-6H3,(H2,16,17,18,19). The van der Waals surface area contributed by atoms with Crippen LogP contribution in [0, 0.1) is 0 Å². The second kappa shape index (κ2) is 7.43. The monoisotopic (exact) mass is 279 g/mol. The molecular weight excluding hydrogens is 250 g/mol. The Hall–Kier alpha value is -1.36. The van der Waals surface area contributed by atoms with Crippen molar-refractivity contribution in [1.82, 2.24) is 14.9 Å². The molecule has 1 aromatic rings. The first-order valence-electron chi connectivity index (χ1n) is 7.42. The Bertz CT molecular complexity index is 411. The van der Waals surface area contributed by atoms with Gasteiger partial charge in [-0.1, -0.05) is 27.7 Å². The van der Waals surface area contributed by atoms with Crippen LogP contribution in [0.4, 0.5) is 11.6 Å². The average molecular weight is 279 g/mol. The molecule has 0 aliphatic carbocycles. The molecule has 114 valence electrons. The number of hydrogen-bond acceptors (Lipinski definition) is 5. The molecule has 0 bridgehead atoms. The van der Waals surface area contributed by atoms with Crippen LogP contribution in [0.5, 0.6) is 0 Å². The summed E-state index contributed by atoms with van der Waals surface area (Å²) < 4.78 is 0. The summed E-state index contributed by atoms with van der Waals surface area (Å²) in [5, 5.41) is 6.66. The van der Waals surface area contributed by atoms with Gasteiger partial charge in [-0.3, -0.25) is 0 Å². The van der Waals surface area contributed by atoms with Crippen LogP contribution in [0.25, 0.3) is 0 Å². The van der Waals surface area contributed by atoms with Crippen LogP contribution in [-0.2, 0) is 5.41 Å². The first-order chi connectivity index (χ1) is 9.36. The number of nitrogens with one attached hydrogen (secondary N) is 2. The van der Waals surface area contributed by atoms with E-state index in [0.717, 1.165) is 43.6 Å². The first-order valence-corrected chi connectivity index (χ1v) is 7.42. The number of likely N-dealkylation sites (N-methyl/N-ethyl adjacent to an activating group) is 1. The highest BCUT2D eigenvalue weighted by atomic mass is 15.1. The van der Waals surface area contributed by atoms with E-state index in [2.05, 4.69) is 67.2 Å². The molecule has 0 saturated carbocycles. The summed E-state index contributed by atoms with van der Waals surface area (Å²) in [6, 6.07) is 1.98. The zero-order valence-corrected chi connectivity index (χ0v) is 13.7. The smallest absolute Gasteiger partial charge is 0.138 e. The highest BCUT2D eigenvalue weighted by molar-refractivity contribution is 5.48. The van der Waals surface area contributed by atoms with E-state index in [1.165, 1.54) is 0 Å². The summed E-state index contributed by atoms with van der Waals surface area (Å²) in [6.45, 7) is 14.4. The largest absolute Gasteiger partial charge is 0.370 e. The molecule has 20 heavy (non-hydrogen) atoms. The van der Waals surface area contributed by atoms with E-state index in [-0.39, 0.29) is 5.41 Å². The number of hydrogen-bond donors (Lipinski definition) is 2. The molecule has 0 fully saturated rings. The first kappa shape index (κ1) is 16.7. The average Bonchev–Trinajstić information content (AvgIpc) is 2.37. The van der Waals surface area contributed by atoms with E-state index in [9.17, 15) is 0 Å². The lowest BCUT2D eigenvalue weighted by molar-refractivity contribution is 0.367. The summed E-state index contributed by atoms with van der Waals surface area (Å²) in [7, 11) is 2.12. The Balaban J connectivity index is 2.81. The molecule has 0 spiro atoms. The molecule has 5 heteroatoms. The normalized spacial score (nSPS) is 11.8. The van der Waals surface area contributed by atoms with Gasteiger partial charge in [0, 0.05) is 31.1 Å². The maximum Gasteiger partial charge on any atom is 0.138 e. The predicted molar refractivity (Wildman–Crippen MR) is 86.6 cm³/mol. The van der Waals surface area contributed by atoms with Gasteiger partial charge < -0.3 is 15.5 Å². The summed E-state index contributed by atoms with van der Waals surface area (Å²) in [4.78, 5) is 11.5. The summed E-state index contributed by atoms with van der Waals surface area (Å²) in [5.74, 6) is 2.64. The molecule has 0 atom stereocenters. The van der Waals surface area contributed by atoms with E-state index in [1.807, 2.05) is 6.07 Å². The van der Waals surface area contributed by atoms with Crippen molar-refractivity contribution in [3.8, 4) is 0 Å². The van der Waals surface area contributed by atoms with Gasteiger partial charge in [0.05, 0.1) is 0 Å². The van der Waals surface area contributed by atoms with Gasteiger partial charge in [0.2, 0.25) is 0 Å². The minimum Gasteiger partial charge on any atom is -0.370 e. The molecule has 2 N–H and O–H groups in total. The lowest BCUT2D eigenvalue weighted by Gasteiger charge is -2.20. The van der Waals surface area contributed by atoms with Crippen LogP contribution in [0.2, 0.25) is 0 Å². The van der Waals surface area contributed by atoms with E-state index in [4.69, 9.17) is 0 Å². The van der Waals surface area contributed by atoms with E-state index < -0.39 is 0 Å². The molecule has 1 heterocycles. The molecule has 0 saturated heterocycles. The van der Waals surface area contributed by atoms with E-state index in [1.54, 1.807) is 0 Å². The van der Waals surface area contributed by atoms with Crippen molar-refractivity contribution >= 4 is 11.6 Å². The fourth-order valence-corrected chi connectivity index (χ4v) is 1.68. The quantitative estimate of drug-likeness (QED) is 0.803. The number of rotatable bonds is 7. The van der Waals surface area contributed by atoms with E-state index in [0.29, 0.717) is 0 Å². The van der Waals surface area contributed by atoms with Gasteiger partial charge in [0.1, 0.15) is 17.5 Å². The molecule has 0 aliphatic heterocycles. The third-order valence-electron chi connectivity index (χ3n) is 3.09. The molecule has 1 aromatic heterocycles. The zero-order chi connectivity index (χ0) is 15.2. The predicted octanol–water partition coefficient (Wildman–Crippen LogP) is 2.57. The number of anilines is 2. The van der Waals surface area contributed by atoms with Crippen molar-refractivity contribution in [3.63, 3.8) is 0 Å². The van der Waals surface area contributed by atoms with Crippen molar-refractivity contribution in [2.75, 3.05) is 43.9 Å². The molecule has 0 aliphatic rings. The minimum absolute atomic E-state index is 0.0535. The van der Waals surface area contributed by atoms with Crippen molar-refractivity contribution < 1.29 is 0 Å². The minimum atomic E-state index is -0.0535. The maximum absolute atomic E-state index is 4.63. The van der Waals surface area contributed by atoms with Gasteiger partial charge in [-0.05, 0) is 20.5 Å². The maximum atomic E-state index is 4.63. The van der Waals surface area contributed by atoms with Gasteiger partial charge in [0.25, 0.3) is 0 Å². The Morgan fingerprint density at radius 3 is 2.20 bits per heavy atom. The van der Waals surface area contributed by atoms with Crippen molar-refractivity contribution in [2.24, 2.45) is 0 Å². The van der Waals surface area contributed by atoms with Crippen LogP contribution < -0.4 is 10.6 Å². The molecule has 0 radical (unpaired) electrons. The highest BCUT2D eigenvalue weighted by Crippen LogP contribution is 2.22. The lowest BCUT2D eigenvalue weighted by atomic mass is 9.96. The molecule has 5 nitrogen and oxygen atoms in total.